The third-order valence-electron chi connectivity index (χ3n) is 3.72. The van der Waals surface area contributed by atoms with Gasteiger partial charge in [-0.1, -0.05) is 31.5 Å². The number of aromatic nitrogens is 2. The summed E-state index contributed by atoms with van der Waals surface area (Å²) in [5, 5.41) is 7.83. The molecule has 2 rings (SSSR count). The van der Waals surface area contributed by atoms with Crippen LogP contribution in [0, 0.1) is 11.7 Å². The number of benzene rings is 1. The summed E-state index contributed by atoms with van der Waals surface area (Å²) in [6.07, 6.45) is 1.82. The van der Waals surface area contributed by atoms with Gasteiger partial charge in [0.1, 0.15) is 5.82 Å². The van der Waals surface area contributed by atoms with Gasteiger partial charge in [-0.3, -0.25) is 4.68 Å². The summed E-state index contributed by atoms with van der Waals surface area (Å²) in [6.45, 7) is 5.91. The monoisotopic (exact) mass is 309 g/mol. The third-order valence-corrected chi connectivity index (χ3v) is 4.01. The minimum Gasteiger partial charge on any atom is -0.312 e. The van der Waals surface area contributed by atoms with E-state index in [0.29, 0.717) is 18.4 Å². The minimum atomic E-state index is -0.379. The molecule has 1 heterocycles. The number of rotatable bonds is 6. The van der Waals surface area contributed by atoms with Gasteiger partial charge in [-0.2, -0.15) is 5.10 Å². The Hall–Kier alpha value is -1.39. The molecule has 21 heavy (non-hydrogen) atoms. The van der Waals surface area contributed by atoms with Crippen molar-refractivity contribution in [1.29, 1.82) is 0 Å². The highest BCUT2D eigenvalue weighted by Crippen LogP contribution is 2.23. The van der Waals surface area contributed by atoms with Crippen LogP contribution in [0.4, 0.5) is 4.39 Å². The fraction of sp³-hybridized carbons (Fsp3) is 0.438. The van der Waals surface area contributed by atoms with E-state index in [2.05, 4.69) is 30.3 Å². The van der Waals surface area contributed by atoms with Crippen molar-refractivity contribution in [3.8, 4) is 0 Å². The van der Waals surface area contributed by atoms with Crippen LogP contribution in [0.2, 0.25) is 5.02 Å². The van der Waals surface area contributed by atoms with E-state index in [4.69, 9.17) is 11.6 Å². The fourth-order valence-corrected chi connectivity index (χ4v) is 2.65. The molecule has 5 heteroatoms. The second-order valence-electron chi connectivity index (χ2n) is 5.61. The molecule has 3 nitrogen and oxygen atoms in total. The zero-order valence-corrected chi connectivity index (χ0v) is 13.4. The molecule has 0 aliphatic heterocycles. The average molecular weight is 310 g/mol. The molecule has 1 atom stereocenters. The first-order valence-corrected chi connectivity index (χ1v) is 7.49. The topological polar surface area (TPSA) is 29.9 Å². The molecule has 114 valence electrons. The molecule has 0 bridgehead atoms. The minimum absolute atomic E-state index is 0.168. The number of hydrogen-bond donors (Lipinski definition) is 1. The maximum atomic E-state index is 13.1. The van der Waals surface area contributed by atoms with Gasteiger partial charge in [-0.25, -0.2) is 4.39 Å². The first kappa shape index (κ1) is 16.0. The van der Waals surface area contributed by atoms with Crippen LogP contribution in [0.1, 0.15) is 31.0 Å². The molecule has 0 aliphatic rings. The van der Waals surface area contributed by atoms with Crippen molar-refractivity contribution in [1.82, 2.24) is 15.1 Å². The highest BCUT2D eigenvalue weighted by molar-refractivity contribution is 6.30. The van der Waals surface area contributed by atoms with Gasteiger partial charge in [-0.15, -0.1) is 0 Å². The van der Waals surface area contributed by atoms with Gasteiger partial charge in [0.15, 0.2) is 0 Å². The van der Waals surface area contributed by atoms with E-state index in [1.807, 2.05) is 17.9 Å². The molecule has 0 saturated carbocycles. The zero-order chi connectivity index (χ0) is 15.4. The Bertz CT molecular complexity index is 595. The van der Waals surface area contributed by atoms with Gasteiger partial charge >= 0.3 is 0 Å². The quantitative estimate of drug-likeness (QED) is 0.881. The van der Waals surface area contributed by atoms with Gasteiger partial charge < -0.3 is 5.32 Å². The fourth-order valence-electron chi connectivity index (χ4n) is 2.45. The predicted octanol–water partition coefficient (Wildman–Crippen LogP) is 3.74. The summed E-state index contributed by atoms with van der Waals surface area (Å²) >= 11 is 5.79. The highest BCUT2D eigenvalue weighted by atomic mass is 35.5. The van der Waals surface area contributed by atoms with Crippen LogP contribution >= 0.6 is 11.6 Å². The van der Waals surface area contributed by atoms with Crippen molar-refractivity contribution < 1.29 is 4.39 Å². The Morgan fingerprint density at radius 1 is 1.33 bits per heavy atom. The van der Waals surface area contributed by atoms with Crippen LogP contribution in [0.15, 0.2) is 30.5 Å². The molecule has 0 spiro atoms. The predicted molar refractivity (Wildman–Crippen MR) is 83.9 cm³/mol. The van der Waals surface area contributed by atoms with Crippen LogP contribution in [-0.4, -0.2) is 16.3 Å². The van der Waals surface area contributed by atoms with Crippen LogP contribution in [0.25, 0.3) is 0 Å². The van der Waals surface area contributed by atoms with Gasteiger partial charge in [0, 0.05) is 37.9 Å². The summed E-state index contributed by atoms with van der Waals surface area (Å²) in [5.41, 5.74) is 2.20. The molecule has 1 aromatic carbocycles. The van der Waals surface area contributed by atoms with Crippen LogP contribution in [0.5, 0.6) is 0 Å². The van der Waals surface area contributed by atoms with Gasteiger partial charge in [0.05, 0.1) is 5.02 Å². The van der Waals surface area contributed by atoms with E-state index in [9.17, 15) is 4.39 Å². The number of nitrogens with one attached hydrogen (secondary N) is 1. The van der Waals surface area contributed by atoms with Gasteiger partial charge in [-0.05, 0) is 29.7 Å². The summed E-state index contributed by atoms with van der Waals surface area (Å²) < 4.78 is 15.0. The maximum Gasteiger partial charge on any atom is 0.141 e. The number of nitrogens with zero attached hydrogens (tertiary/aromatic N) is 2. The lowest BCUT2D eigenvalue weighted by Gasteiger charge is -2.21. The van der Waals surface area contributed by atoms with Crippen LogP contribution in [-0.2, 0) is 13.6 Å². The van der Waals surface area contributed by atoms with Crippen molar-refractivity contribution in [3.05, 3.63) is 52.6 Å². The Morgan fingerprint density at radius 3 is 2.67 bits per heavy atom. The summed E-state index contributed by atoms with van der Waals surface area (Å²) in [6, 6.07) is 6.88. The van der Waals surface area contributed by atoms with Crippen molar-refractivity contribution in [3.63, 3.8) is 0 Å². The Kier molecular flexibility index (Phi) is 5.37. The second kappa shape index (κ2) is 7.05. The van der Waals surface area contributed by atoms with Crippen molar-refractivity contribution in [2.24, 2.45) is 13.0 Å². The molecule has 0 amide bonds. The Morgan fingerprint density at radius 2 is 2.10 bits per heavy atom. The normalized spacial score (nSPS) is 12.9. The number of hydrogen-bond acceptors (Lipinski definition) is 2. The van der Waals surface area contributed by atoms with E-state index in [0.717, 1.165) is 12.1 Å². The van der Waals surface area contributed by atoms with Crippen LogP contribution in [0.3, 0.4) is 0 Å². The van der Waals surface area contributed by atoms with Crippen molar-refractivity contribution in [2.75, 3.05) is 6.54 Å². The molecular weight excluding hydrogens is 289 g/mol. The lowest BCUT2D eigenvalue weighted by atomic mass is 9.92. The average Bonchev–Trinajstić information content (AvgIpc) is 2.84. The highest BCUT2D eigenvalue weighted by Gasteiger charge is 2.18. The van der Waals surface area contributed by atoms with Gasteiger partial charge in [0.2, 0.25) is 0 Å². The first-order valence-electron chi connectivity index (χ1n) is 7.11. The van der Waals surface area contributed by atoms with E-state index in [1.165, 1.54) is 11.8 Å². The van der Waals surface area contributed by atoms with E-state index in [-0.39, 0.29) is 10.8 Å². The largest absolute Gasteiger partial charge is 0.312 e. The second-order valence-corrected chi connectivity index (χ2v) is 6.02. The lowest BCUT2D eigenvalue weighted by Crippen LogP contribution is -2.26. The Labute approximate surface area is 130 Å². The molecule has 0 unspecified atom stereocenters. The molecule has 1 aromatic heterocycles. The molecule has 0 aliphatic carbocycles. The lowest BCUT2D eigenvalue weighted by molar-refractivity contribution is 0.437. The summed E-state index contributed by atoms with van der Waals surface area (Å²) in [7, 11) is 1.96. The summed E-state index contributed by atoms with van der Waals surface area (Å²) in [4.78, 5) is 0. The van der Waals surface area contributed by atoms with E-state index >= 15 is 0 Å². The summed E-state index contributed by atoms with van der Waals surface area (Å²) in [5.74, 6) is 0.508. The van der Waals surface area contributed by atoms with E-state index in [1.54, 1.807) is 12.1 Å². The van der Waals surface area contributed by atoms with Crippen LogP contribution < -0.4 is 5.32 Å². The number of halogens is 2. The number of aryl methyl sites for hydroxylation is 1. The van der Waals surface area contributed by atoms with Crippen molar-refractivity contribution >= 4 is 11.6 Å². The SMILES string of the molecule is CC(C)[C@@H](CNCc1ccc(F)c(Cl)c1)c1ccnn1C. The molecule has 2 aromatic rings. The molecule has 0 radical (unpaired) electrons. The Balaban J connectivity index is 1.97. The standard InChI is InChI=1S/C16H21ClFN3/c1-11(2)13(16-6-7-20-21(16)3)10-19-9-12-4-5-15(18)14(17)8-12/h4-8,11,13,19H,9-10H2,1-3H3/t13-/m1/s1. The van der Waals surface area contributed by atoms with Gasteiger partial charge in [0.25, 0.3) is 0 Å². The first-order chi connectivity index (χ1) is 9.99. The third kappa shape index (κ3) is 4.05. The zero-order valence-electron chi connectivity index (χ0n) is 12.6. The molecule has 0 saturated heterocycles. The molecule has 1 N–H and O–H groups in total. The van der Waals surface area contributed by atoms with Crippen molar-refractivity contribution in [2.45, 2.75) is 26.3 Å². The van der Waals surface area contributed by atoms with E-state index < -0.39 is 0 Å². The smallest absolute Gasteiger partial charge is 0.141 e. The molecular formula is C16H21ClFN3. The molecule has 0 fully saturated rings. The maximum absolute atomic E-state index is 13.1.